The summed E-state index contributed by atoms with van der Waals surface area (Å²) in [5.41, 5.74) is 4.40. The van der Waals surface area contributed by atoms with Crippen LogP contribution in [0.5, 0.6) is 0 Å². The van der Waals surface area contributed by atoms with Crippen molar-refractivity contribution in [1.29, 1.82) is 0 Å². The summed E-state index contributed by atoms with van der Waals surface area (Å²) in [7, 11) is 0. The Bertz CT molecular complexity index is 770. The van der Waals surface area contributed by atoms with Crippen LogP contribution in [0.25, 0.3) is 10.8 Å². The SMILES string of the molecule is c1ccc2c(c1)CCN[C@@H]2Cc1cccc2ccccc12. The minimum absolute atomic E-state index is 0.431. The second-order valence-corrected chi connectivity index (χ2v) is 5.80. The van der Waals surface area contributed by atoms with Crippen LogP contribution < -0.4 is 5.32 Å². The molecule has 0 aromatic heterocycles. The van der Waals surface area contributed by atoms with Crippen molar-refractivity contribution >= 4 is 10.8 Å². The van der Waals surface area contributed by atoms with Gasteiger partial charge in [-0.15, -0.1) is 0 Å². The fourth-order valence-corrected chi connectivity index (χ4v) is 3.47. The van der Waals surface area contributed by atoms with Gasteiger partial charge in [-0.05, 0) is 46.8 Å². The van der Waals surface area contributed by atoms with Crippen molar-refractivity contribution in [2.75, 3.05) is 6.54 Å². The standard InChI is InChI=1S/C20H19N/c1-3-10-18-15(6-1)8-5-9-17(18)14-20-19-11-4-2-7-16(19)12-13-21-20/h1-11,20-21H,12-14H2/t20-/m1/s1. The van der Waals surface area contributed by atoms with Crippen molar-refractivity contribution in [3.8, 4) is 0 Å². The first-order valence-electron chi connectivity index (χ1n) is 7.69. The molecule has 0 spiro atoms. The maximum atomic E-state index is 3.69. The third-order valence-electron chi connectivity index (χ3n) is 4.52. The van der Waals surface area contributed by atoms with Crippen molar-refractivity contribution in [3.05, 3.63) is 83.4 Å². The van der Waals surface area contributed by atoms with Crippen LogP contribution in [0.2, 0.25) is 0 Å². The van der Waals surface area contributed by atoms with Gasteiger partial charge in [-0.1, -0.05) is 66.7 Å². The van der Waals surface area contributed by atoms with Gasteiger partial charge in [0.2, 0.25) is 0 Å². The van der Waals surface area contributed by atoms with Crippen molar-refractivity contribution in [3.63, 3.8) is 0 Å². The molecule has 1 aliphatic rings. The molecular weight excluding hydrogens is 254 g/mol. The van der Waals surface area contributed by atoms with E-state index in [1.54, 1.807) is 0 Å². The monoisotopic (exact) mass is 273 g/mol. The molecule has 0 saturated heterocycles. The van der Waals surface area contributed by atoms with E-state index in [0.29, 0.717) is 6.04 Å². The molecule has 0 unspecified atom stereocenters. The first-order chi connectivity index (χ1) is 10.4. The Kier molecular flexibility index (Phi) is 3.21. The fourth-order valence-electron chi connectivity index (χ4n) is 3.47. The molecule has 3 aromatic rings. The molecule has 0 amide bonds. The summed E-state index contributed by atoms with van der Waals surface area (Å²) in [5.74, 6) is 0. The van der Waals surface area contributed by atoms with Crippen LogP contribution in [0.15, 0.2) is 66.7 Å². The molecular formula is C20H19N. The van der Waals surface area contributed by atoms with Gasteiger partial charge in [0.15, 0.2) is 0 Å². The van der Waals surface area contributed by atoms with Crippen LogP contribution in [0.4, 0.5) is 0 Å². The average molecular weight is 273 g/mol. The largest absolute Gasteiger partial charge is 0.309 e. The predicted octanol–water partition coefficient (Wildman–Crippen LogP) is 4.27. The van der Waals surface area contributed by atoms with E-state index in [0.717, 1.165) is 19.4 Å². The van der Waals surface area contributed by atoms with E-state index in [1.807, 2.05) is 0 Å². The summed E-state index contributed by atoms with van der Waals surface area (Å²) in [6.45, 7) is 1.08. The smallest absolute Gasteiger partial charge is 0.0363 e. The van der Waals surface area contributed by atoms with Crippen LogP contribution in [0.3, 0.4) is 0 Å². The zero-order valence-electron chi connectivity index (χ0n) is 12.0. The molecule has 0 aliphatic carbocycles. The highest BCUT2D eigenvalue weighted by atomic mass is 14.9. The van der Waals surface area contributed by atoms with Gasteiger partial charge in [0.05, 0.1) is 0 Å². The van der Waals surface area contributed by atoms with Gasteiger partial charge in [-0.25, -0.2) is 0 Å². The van der Waals surface area contributed by atoms with Crippen LogP contribution in [0, 0.1) is 0 Å². The Morgan fingerprint density at radius 3 is 2.67 bits per heavy atom. The van der Waals surface area contributed by atoms with E-state index in [2.05, 4.69) is 72.0 Å². The van der Waals surface area contributed by atoms with Crippen LogP contribution in [-0.4, -0.2) is 6.54 Å². The van der Waals surface area contributed by atoms with Gasteiger partial charge < -0.3 is 5.32 Å². The molecule has 104 valence electrons. The summed E-state index contributed by atoms with van der Waals surface area (Å²) >= 11 is 0. The lowest BCUT2D eigenvalue weighted by Gasteiger charge is -2.27. The van der Waals surface area contributed by atoms with Gasteiger partial charge >= 0.3 is 0 Å². The molecule has 4 rings (SSSR count). The first kappa shape index (κ1) is 12.6. The second kappa shape index (κ2) is 5.34. The van der Waals surface area contributed by atoms with Crippen LogP contribution >= 0.6 is 0 Å². The lowest BCUT2D eigenvalue weighted by molar-refractivity contribution is 0.504. The average Bonchev–Trinajstić information content (AvgIpc) is 2.56. The summed E-state index contributed by atoms with van der Waals surface area (Å²) in [5, 5.41) is 6.40. The predicted molar refractivity (Wildman–Crippen MR) is 88.5 cm³/mol. The van der Waals surface area contributed by atoms with Crippen LogP contribution in [0.1, 0.15) is 22.7 Å². The topological polar surface area (TPSA) is 12.0 Å². The van der Waals surface area contributed by atoms with Crippen molar-refractivity contribution in [1.82, 2.24) is 5.32 Å². The molecule has 0 bridgehead atoms. The maximum absolute atomic E-state index is 3.69. The lowest BCUT2D eigenvalue weighted by atomic mass is 9.89. The zero-order valence-corrected chi connectivity index (χ0v) is 12.0. The third kappa shape index (κ3) is 2.34. The van der Waals surface area contributed by atoms with Gasteiger partial charge in [-0.2, -0.15) is 0 Å². The quantitative estimate of drug-likeness (QED) is 0.735. The third-order valence-corrected chi connectivity index (χ3v) is 4.52. The summed E-state index contributed by atoms with van der Waals surface area (Å²) in [6, 6.07) is 24.6. The Hall–Kier alpha value is -2.12. The summed E-state index contributed by atoms with van der Waals surface area (Å²) in [6.07, 6.45) is 2.20. The Balaban J connectivity index is 1.73. The van der Waals surface area contributed by atoms with E-state index in [9.17, 15) is 0 Å². The van der Waals surface area contributed by atoms with E-state index < -0.39 is 0 Å². The van der Waals surface area contributed by atoms with Gasteiger partial charge in [0.25, 0.3) is 0 Å². The first-order valence-corrected chi connectivity index (χ1v) is 7.69. The molecule has 1 N–H and O–H groups in total. The van der Waals surface area contributed by atoms with Crippen molar-refractivity contribution < 1.29 is 0 Å². The number of benzene rings is 3. The molecule has 1 atom stereocenters. The maximum Gasteiger partial charge on any atom is 0.0363 e. The van der Waals surface area contributed by atoms with Crippen molar-refractivity contribution in [2.45, 2.75) is 18.9 Å². The van der Waals surface area contributed by atoms with Crippen molar-refractivity contribution in [2.24, 2.45) is 0 Å². The number of fused-ring (bicyclic) bond motifs is 2. The summed E-state index contributed by atoms with van der Waals surface area (Å²) in [4.78, 5) is 0. The van der Waals surface area contributed by atoms with E-state index in [4.69, 9.17) is 0 Å². The molecule has 1 heterocycles. The second-order valence-electron chi connectivity index (χ2n) is 5.80. The molecule has 0 fully saturated rings. The van der Waals surface area contributed by atoms with Gasteiger partial charge in [0.1, 0.15) is 0 Å². The number of nitrogens with one attached hydrogen (secondary N) is 1. The van der Waals surface area contributed by atoms with Gasteiger partial charge in [-0.3, -0.25) is 0 Å². The Morgan fingerprint density at radius 2 is 1.67 bits per heavy atom. The van der Waals surface area contributed by atoms with Gasteiger partial charge in [0, 0.05) is 6.04 Å². The number of rotatable bonds is 2. The van der Waals surface area contributed by atoms with E-state index in [1.165, 1.54) is 27.5 Å². The molecule has 1 aliphatic heterocycles. The minimum atomic E-state index is 0.431. The molecule has 1 nitrogen and oxygen atoms in total. The van der Waals surface area contributed by atoms with E-state index in [-0.39, 0.29) is 0 Å². The highest BCUT2D eigenvalue weighted by Crippen LogP contribution is 2.28. The zero-order chi connectivity index (χ0) is 14.1. The summed E-state index contributed by atoms with van der Waals surface area (Å²) < 4.78 is 0. The normalized spacial score (nSPS) is 17.6. The van der Waals surface area contributed by atoms with Crippen LogP contribution in [-0.2, 0) is 12.8 Å². The molecule has 0 saturated carbocycles. The molecule has 0 radical (unpaired) electrons. The van der Waals surface area contributed by atoms with E-state index >= 15 is 0 Å². The lowest BCUT2D eigenvalue weighted by Crippen LogP contribution is -2.31. The molecule has 21 heavy (non-hydrogen) atoms. The Morgan fingerprint density at radius 1 is 0.857 bits per heavy atom. The number of hydrogen-bond acceptors (Lipinski definition) is 1. The fraction of sp³-hybridized carbons (Fsp3) is 0.200. The molecule has 3 aromatic carbocycles. The number of hydrogen-bond donors (Lipinski definition) is 1. The highest BCUT2D eigenvalue weighted by Gasteiger charge is 2.19. The Labute approximate surface area is 125 Å². The molecule has 1 heteroatoms. The highest BCUT2D eigenvalue weighted by molar-refractivity contribution is 5.85. The minimum Gasteiger partial charge on any atom is -0.309 e.